The Hall–Kier alpha value is -0.660. The van der Waals surface area contributed by atoms with Crippen molar-refractivity contribution in [2.75, 3.05) is 0 Å². The summed E-state index contributed by atoms with van der Waals surface area (Å²) in [5, 5.41) is 0. The molecule has 0 atom stereocenters. The fourth-order valence-corrected chi connectivity index (χ4v) is 2.95. The quantitative estimate of drug-likeness (QED) is 0.597. The van der Waals surface area contributed by atoms with Gasteiger partial charge in [-0.1, -0.05) is 51.4 Å². The van der Waals surface area contributed by atoms with Crippen molar-refractivity contribution in [2.45, 2.75) is 103 Å². The molecule has 1 saturated carbocycles. The highest BCUT2D eigenvalue weighted by Gasteiger charge is 2.04. The first-order valence-electron chi connectivity index (χ1n) is 8.82. The van der Waals surface area contributed by atoms with Crippen LogP contribution < -0.4 is 0 Å². The maximum absolute atomic E-state index is 11.7. The fraction of sp³-hybridized carbons (Fsp3) is 0.889. The molecule has 2 heteroatoms. The van der Waals surface area contributed by atoms with E-state index >= 15 is 0 Å². The third-order valence-corrected chi connectivity index (χ3v) is 4.32. The largest absolute Gasteiger partial charge is 0.300 e. The summed E-state index contributed by atoms with van der Waals surface area (Å²) < 4.78 is 0. The molecule has 0 heterocycles. The number of carbonyl (C=O) groups excluding carboxylic acids is 2. The number of carbonyl (C=O) groups is 2. The van der Waals surface area contributed by atoms with E-state index in [1.54, 1.807) is 0 Å². The summed E-state index contributed by atoms with van der Waals surface area (Å²) in [6.07, 6.45) is 17.0. The minimum atomic E-state index is 0.469. The SMILES string of the molecule is O=C1CCCCCCCCC(=O)CCCCCCCC1. The first-order chi connectivity index (χ1) is 9.79. The van der Waals surface area contributed by atoms with Gasteiger partial charge in [-0.3, -0.25) is 9.59 Å². The molecule has 0 N–H and O–H groups in total. The van der Waals surface area contributed by atoms with Crippen molar-refractivity contribution >= 4 is 11.6 Å². The molecular weight excluding hydrogens is 248 g/mol. The molecule has 0 unspecified atom stereocenters. The maximum Gasteiger partial charge on any atom is 0.132 e. The minimum absolute atomic E-state index is 0.469. The Kier molecular flexibility index (Phi) is 10.5. The van der Waals surface area contributed by atoms with Crippen molar-refractivity contribution in [3.05, 3.63) is 0 Å². The minimum Gasteiger partial charge on any atom is -0.300 e. The Morgan fingerprint density at radius 1 is 0.350 bits per heavy atom. The molecule has 0 spiro atoms. The highest BCUT2D eigenvalue weighted by Crippen LogP contribution is 2.14. The van der Waals surface area contributed by atoms with E-state index in [1.807, 2.05) is 0 Å². The summed E-state index contributed by atoms with van der Waals surface area (Å²) in [6.45, 7) is 0. The van der Waals surface area contributed by atoms with Crippen molar-refractivity contribution in [3.63, 3.8) is 0 Å². The van der Waals surface area contributed by atoms with Gasteiger partial charge in [-0.2, -0.15) is 0 Å². The standard InChI is InChI=1S/C18H32O2/c19-17-13-9-5-1-2-6-10-14-18(20)16-12-8-4-3-7-11-15-17/h1-16H2. The molecule has 1 rings (SSSR count). The van der Waals surface area contributed by atoms with Crippen LogP contribution in [0.3, 0.4) is 0 Å². The molecule has 0 amide bonds. The number of hydrogen-bond acceptors (Lipinski definition) is 2. The van der Waals surface area contributed by atoms with Crippen LogP contribution in [0.5, 0.6) is 0 Å². The lowest BCUT2D eigenvalue weighted by Gasteiger charge is -2.05. The lowest BCUT2D eigenvalue weighted by atomic mass is 10.0. The third-order valence-electron chi connectivity index (χ3n) is 4.32. The Bertz CT molecular complexity index is 219. The number of rotatable bonds is 0. The van der Waals surface area contributed by atoms with Gasteiger partial charge in [-0.05, 0) is 25.7 Å². The van der Waals surface area contributed by atoms with Crippen molar-refractivity contribution in [1.29, 1.82) is 0 Å². The summed E-state index contributed by atoms with van der Waals surface area (Å²) in [6, 6.07) is 0. The van der Waals surface area contributed by atoms with Gasteiger partial charge in [0.05, 0.1) is 0 Å². The zero-order valence-corrected chi connectivity index (χ0v) is 13.1. The first-order valence-corrected chi connectivity index (χ1v) is 8.82. The zero-order valence-electron chi connectivity index (χ0n) is 13.1. The molecule has 1 aliphatic rings. The van der Waals surface area contributed by atoms with Crippen LogP contribution in [0.1, 0.15) is 103 Å². The maximum atomic E-state index is 11.7. The molecule has 0 radical (unpaired) electrons. The van der Waals surface area contributed by atoms with E-state index in [2.05, 4.69) is 0 Å². The van der Waals surface area contributed by atoms with Crippen molar-refractivity contribution < 1.29 is 9.59 Å². The molecular formula is C18H32O2. The van der Waals surface area contributed by atoms with E-state index in [0.717, 1.165) is 51.4 Å². The van der Waals surface area contributed by atoms with Crippen LogP contribution in [0.2, 0.25) is 0 Å². The van der Waals surface area contributed by atoms with Crippen LogP contribution in [0.15, 0.2) is 0 Å². The molecule has 20 heavy (non-hydrogen) atoms. The van der Waals surface area contributed by atoms with Gasteiger partial charge in [0.1, 0.15) is 11.6 Å². The van der Waals surface area contributed by atoms with Gasteiger partial charge in [-0.15, -0.1) is 0 Å². The Balaban J connectivity index is 2.19. The summed E-state index contributed by atoms with van der Waals surface area (Å²) in [5.41, 5.74) is 0. The van der Waals surface area contributed by atoms with Gasteiger partial charge < -0.3 is 0 Å². The molecule has 0 saturated heterocycles. The van der Waals surface area contributed by atoms with Gasteiger partial charge in [0.15, 0.2) is 0 Å². The smallest absolute Gasteiger partial charge is 0.132 e. The molecule has 0 aromatic heterocycles. The van der Waals surface area contributed by atoms with Gasteiger partial charge in [-0.25, -0.2) is 0 Å². The van der Waals surface area contributed by atoms with Crippen LogP contribution in [0.25, 0.3) is 0 Å². The number of hydrogen-bond donors (Lipinski definition) is 0. The Labute approximate surface area is 124 Å². The summed E-state index contributed by atoms with van der Waals surface area (Å²) in [4.78, 5) is 23.3. The molecule has 0 bridgehead atoms. The Morgan fingerprint density at radius 2 is 0.550 bits per heavy atom. The van der Waals surface area contributed by atoms with E-state index in [-0.39, 0.29) is 0 Å². The lowest BCUT2D eigenvalue weighted by Crippen LogP contribution is -1.99. The monoisotopic (exact) mass is 280 g/mol. The first kappa shape index (κ1) is 17.4. The number of ketones is 2. The molecule has 116 valence electrons. The van der Waals surface area contributed by atoms with Gasteiger partial charge in [0.25, 0.3) is 0 Å². The topological polar surface area (TPSA) is 34.1 Å². The predicted molar refractivity (Wildman–Crippen MR) is 83.9 cm³/mol. The van der Waals surface area contributed by atoms with Crippen molar-refractivity contribution in [2.24, 2.45) is 0 Å². The number of Topliss-reactive ketones (excluding diaryl/α,β-unsaturated/α-hetero) is 2. The van der Waals surface area contributed by atoms with E-state index in [1.165, 1.54) is 51.4 Å². The van der Waals surface area contributed by atoms with E-state index < -0.39 is 0 Å². The lowest BCUT2D eigenvalue weighted by molar-refractivity contribution is -0.120. The highest BCUT2D eigenvalue weighted by atomic mass is 16.1. The third kappa shape index (κ3) is 10.2. The van der Waals surface area contributed by atoms with Crippen LogP contribution >= 0.6 is 0 Å². The van der Waals surface area contributed by atoms with Crippen LogP contribution in [-0.4, -0.2) is 11.6 Å². The molecule has 2 nitrogen and oxygen atoms in total. The zero-order chi connectivity index (χ0) is 14.5. The fourth-order valence-electron chi connectivity index (χ4n) is 2.95. The van der Waals surface area contributed by atoms with Crippen molar-refractivity contribution in [3.8, 4) is 0 Å². The molecule has 0 aromatic carbocycles. The second-order valence-corrected chi connectivity index (χ2v) is 6.32. The molecule has 0 aromatic rings. The molecule has 1 aliphatic carbocycles. The predicted octanol–water partition coefficient (Wildman–Crippen LogP) is 5.38. The average Bonchev–Trinajstić information content (AvgIpc) is 2.43. The van der Waals surface area contributed by atoms with E-state index in [9.17, 15) is 9.59 Å². The molecule has 0 aliphatic heterocycles. The van der Waals surface area contributed by atoms with Crippen LogP contribution in [0, 0.1) is 0 Å². The summed E-state index contributed by atoms with van der Waals surface area (Å²) in [7, 11) is 0. The normalized spacial score (nSPS) is 23.0. The van der Waals surface area contributed by atoms with Crippen LogP contribution in [-0.2, 0) is 9.59 Å². The van der Waals surface area contributed by atoms with E-state index in [0.29, 0.717) is 11.6 Å². The van der Waals surface area contributed by atoms with Gasteiger partial charge in [0.2, 0.25) is 0 Å². The molecule has 1 fully saturated rings. The van der Waals surface area contributed by atoms with Gasteiger partial charge in [0, 0.05) is 25.7 Å². The summed E-state index contributed by atoms with van der Waals surface area (Å²) >= 11 is 0. The van der Waals surface area contributed by atoms with E-state index in [4.69, 9.17) is 0 Å². The average molecular weight is 280 g/mol. The second kappa shape index (κ2) is 12.1. The second-order valence-electron chi connectivity index (χ2n) is 6.32. The summed E-state index contributed by atoms with van der Waals surface area (Å²) in [5.74, 6) is 0.938. The Morgan fingerprint density at radius 3 is 0.800 bits per heavy atom. The van der Waals surface area contributed by atoms with Crippen LogP contribution in [0.4, 0.5) is 0 Å². The highest BCUT2D eigenvalue weighted by molar-refractivity contribution is 5.78. The van der Waals surface area contributed by atoms with Crippen molar-refractivity contribution in [1.82, 2.24) is 0 Å². The van der Waals surface area contributed by atoms with Gasteiger partial charge >= 0.3 is 0 Å².